The number of anilines is 1. The maximum absolute atomic E-state index is 12.5. The van der Waals surface area contributed by atoms with Gasteiger partial charge in [0.15, 0.2) is 0 Å². The van der Waals surface area contributed by atoms with Gasteiger partial charge in [-0.05, 0) is 37.1 Å². The number of hydrogen-bond donors (Lipinski definition) is 2. The highest BCUT2D eigenvalue weighted by molar-refractivity contribution is 5.94. The number of pyridine rings is 2. The number of carbonyl (C=O) groups excluding carboxylic acids is 1. The zero-order valence-electron chi connectivity index (χ0n) is 16.3. The van der Waals surface area contributed by atoms with Crippen LogP contribution in [0.4, 0.5) is 5.82 Å². The van der Waals surface area contributed by atoms with Crippen molar-refractivity contribution in [3.63, 3.8) is 0 Å². The third kappa shape index (κ3) is 4.60. The van der Waals surface area contributed by atoms with Gasteiger partial charge >= 0.3 is 0 Å². The van der Waals surface area contributed by atoms with E-state index >= 15 is 0 Å². The van der Waals surface area contributed by atoms with E-state index in [1.54, 1.807) is 6.07 Å². The number of aryl methyl sites for hydroxylation is 1. The van der Waals surface area contributed by atoms with E-state index in [0.29, 0.717) is 12.1 Å². The van der Waals surface area contributed by atoms with E-state index in [2.05, 4.69) is 20.6 Å². The Kier molecular flexibility index (Phi) is 5.52. The van der Waals surface area contributed by atoms with E-state index in [9.17, 15) is 4.79 Å². The van der Waals surface area contributed by atoms with Gasteiger partial charge in [-0.2, -0.15) is 0 Å². The van der Waals surface area contributed by atoms with Crippen LogP contribution in [0.2, 0.25) is 0 Å². The summed E-state index contributed by atoms with van der Waals surface area (Å²) in [5.41, 5.74) is 4.50. The number of imidazole rings is 1. The first-order chi connectivity index (χ1) is 14.2. The van der Waals surface area contributed by atoms with E-state index in [1.807, 2.05) is 78.4 Å². The Hall–Kier alpha value is -3.67. The lowest BCUT2D eigenvalue weighted by molar-refractivity contribution is 0.0953. The number of carbonyl (C=O) groups is 1. The van der Waals surface area contributed by atoms with Crippen LogP contribution in [0.1, 0.15) is 22.3 Å². The van der Waals surface area contributed by atoms with Crippen molar-refractivity contribution in [2.75, 3.05) is 18.4 Å². The van der Waals surface area contributed by atoms with Crippen molar-refractivity contribution in [1.82, 2.24) is 19.7 Å². The van der Waals surface area contributed by atoms with Crippen LogP contribution in [0.5, 0.6) is 0 Å². The highest BCUT2D eigenvalue weighted by Gasteiger charge is 2.09. The minimum Gasteiger partial charge on any atom is -0.370 e. The molecular weight excluding hydrogens is 362 g/mol. The van der Waals surface area contributed by atoms with Crippen LogP contribution in [0.15, 0.2) is 73.2 Å². The molecule has 0 spiro atoms. The van der Waals surface area contributed by atoms with Crippen LogP contribution >= 0.6 is 0 Å². The molecule has 0 unspecified atom stereocenters. The number of fused-ring (bicyclic) bond motifs is 1. The molecule has 146 valence electrons. The molecule has 0 aliphatic heterocycles. The van der Waals surface area contributed by atoms with Gasteiger partial charge in [-0.25, -0.2) is 9.97 Å². The lowest BCUT2D eigenvalue weighted by Gasteiger charge is -2.07. The molecule has 0 aliphatic rings. The second kappa shape index (κ2) is 8.56. The van der Waals surface area contributed by atoms with Crippen molar-refractivity contribution >= 4 is 17.4 Å². The smallest absolute Gasteiger partial charge is 0.252 e. The molecule has 4 rings (SSSR count). The fraction of sp³-hybridized carbons (Fsp3) is 0.174. The van der Waals surface area contributed by atoms with Crippen molar-refractivity contribution in [2.45, 2.75) is 13.3 Å². The molecular formula is C23H23N5O. The summed E-state index contributed by atoms with van der Waals surface area (Å²) in [6.45, 7) is 3.35. The second-order valence-corrected chi connectivity index (χ2v) is 6.93. The first kappa shape index (κ1) is 18.7. The maximum atomic E-state index is 12.5. The Labute approximate surface area is 169 Å². The molecule has 6 nitrogen and oxygen atoms in total. The summed E-state index contributed by atoms with van der Waals surface area (Å²) < 4.78 is 1.89. The first-order valence-corrected chi connectivity index (χ1v) is 9.68. The van der Waals surface area contributed by atoms with Gasteiger partial charge in [0, 0.05) is 37.2 Å². The molecule has 6 heteroatoms. The quantitative estimate of drug-likeness (QED) is 0.473. The minimum absolute atomic E-state index is 0.0877. The molecule has 0 aliphatic carbocycles. The van der Waals surface area contributed by atoms with Crippen LogP contribution < -0.4 is 10.6 Å². The third-order valence-corrected chi connectivity index (χ3v) is 4.64. The van der Waals surface area contributed by atoms with Gasteiger partial charge in [-0.3, -0.25) is 4.79 Å². The maximum Gasteiger partial charge on any atom is 0.252 e. The van der Waals surface area contributed by atoms with Gasteiger partial charge in [-0.15, -0.1) is 0 Å². The normalized spacial score (nSPS) is 10.8. The van der Waals surface area contributed by atoms with Gasteiger partial charge in [0.05, 0.1) is 11.3 Å². The summed E-state index contributed by atoms with van der Waals surface area (Å²) in [4.78, 5) is 21.4. The summed E-state index contributed by atoms with van der Waals surface area (Å²) in [6.07, 6.45) is 6.41. The van der Waals surface area contributed by atoms with E-state index in [-0.39, 0.29) is 5.91 Å². The number of nitrogens with one attached hydrogen (secondary N) is 2. The van der Waals surface area contributed by atoms with Crippen LogP contribution in [0.3, 0.4) is 0 Å². The molecule has 4 aromatic rings. The average molecular weight is 385 g/mol. The SMILES string of the molecule is Cc1ccc(NCCCNC(=O)c2ccc3nc(-c4ccccc4)cn3c2)nc1. The lowest BCUT2D eigenvalue weighted by Crippen LogP contribution is -2.26. The second-order valence-electron chi connectivity index (χ2n) is 6.93. The molecule has 0 radical (unpaired) electrons. The van der Waals surface area contributed by atoms with Crippen LogP contribution in [-0.4, -0.2) is 33.4 Å². The zero-order valence-corrected chi connectivity index (χ0v) is 16.3. The van der Waals surface area contributed by atoms with Gasteiger partial charge in [0.25, 0.3) is 5.91 Å². The topological polar surface area (TPSA) is 71.3 Å². The van der Waals surface area contributed by atoms with E-state index in [1.165, 1.54) is 0 Å². The molecule has 0 bridgehead atoms. The molecule has 3 heterocycles. The number of nitrogens with zero attached hydrogens (tertiary/aromatic N) is 3. The van der Waals surface area contributed by atoms with Crippen molar-refractivity contribution in [3.8, 4) is 11.3 Å². The largest absolute Gasteiger partial charge is 0.370 e. The Bertz CT molecular complexity index is 1100. The zero-order chi connectivity index (χ0) is 20.1. The van der Waals surface area contributed by atoms with Crippen molar-refractivity contribution in [3.05, 3.63) is 84.3 Å². The minimum atomic E-state index is -0.0877. The fourth-order valence-electron chi connectivity index (χ4n) is 3.06. The lowest BCUT2D eigenvalue weighted by atomic mass is 10.2. The molecule has 3 aromatic heterocycles. The third-order valence-electron chi connectivity index (χ3n) is 4.64. The Morgan fingerprint density at radius 2 is 1.86 bits per heavy atom. The molecule has 1 aromatic carbocycles. The fourth-order valence-corrected chi connectivity index (χ4v) is 3.06. The van der Waals surface area contributed by atoms with Crippen LogP contribution in [-0.2, 0) is 0 Å². The van der Waals surface area contributed by atoms with Crippen LogP contribution in [0, 0.1) is 6.92 Å². The molecule has 0 fully saturated rings. The Morgan fingerprint density at radius 1 is 1.00 bits per heavy atom. The average Bonchev–Trinajstić information content (AvgIpc) is 3.19. The Balaban J connectivity index is 1.32. The highest BCUT2D eigenvalue weighted by Crippen LogP contribution is 2.19. The van der Waals surface area contributed by atoms with E-state index in [4.69, 9.17) is 0 Å². The summed E-state index contributed by atoms with van der Waals surface area (Å²) in [5.74, 6) is 0.761. The summed E-state index contributed by atoms with van der Waals surface area (Å²) in [5, 5.41) is 6.22. The van der Waals surface area contributed by atoms with E-state index in [0.717, 1.165) is 41.3 Å². The molecule has 0 saturated heterocycles. The van der Waals surface area contributed by atoms with Gasteiger partial charge < -0.3 is 15.0 Å². The monoisotopic (exact) mass is 385 g/mol. The summed E-state index contributed by atoms with van der Waals surface area (Å²) >= 11 is 0. The number of hydrogen-bond acceptors (Lipinski definition) is 4. The molecule has 29 heavy (non-hydrogen) atoms. The molecule has 0 saturated carbocycles. The highest BCUT2D eigenvalue weighted by atomic mass is 16.1. The van der Waals surface area contributed by atoms with Gasteiger partial charge in [0.2, 0.25) is 0 Å². The van der Waals surface area contributed by atoms with Crippen LogP contribution in [0.25, 0.3) is 16.9 Å². The van der Waals surface area contributed by atoms with Crippen molar-refractivity contribution in [1.29, 1.82) is 0 Å². The Morgan fingerprint density at radius 3 is 2.66 bits per heavy atom. The van der Waals surface area contributed by atoms with Gasteiger partial charge in [-0.1, -0.05) is 36.4 Å². The standard InChI is InChI=1S/C23H23N5O/c1-17-8-10-21(26-14-17)24-12-5-13-25-23(29)19-9-11-22-27-20(16-28(22)15-19)18-6-3-2-4-7-18/h2-4,6-11,14-16H,5,12-13H2,1H3,(H,24,26)(H,25,29). The molecule has 2 N–H and O–H groups in total. The predicted octanol–water partition coefficient (Wildman–Crippen LogP) is 3.94. The number of rotatable bonds is 7. The summed E-state index contributed by atoms with van der Waals surface area (Å²) in [6, 6.07) is 17.7. The van der Waals surface area contributed by atoms with Crippen molar-refractivity contribution < 1.29 is 4.79 Å². The number of amides is 1. The number of benzene rings is 1. The number of aromatic nitrogens is 3. The van der Waals surface area contributed by atoms with Gasteiger partial charge in [0.1, 0.15) is 11.5 Å². The predicted molar refractivity (Wildman–Crippen MR) is 115 cm³/mol. The molecule has 0 atom stereocenters. The van der Waals surface area contributed by atoms with Crippen molar-refractivity contribution in [2.24, 2.45) is 0 Å². The van der Waals surface area contributed by atoms with E-state index < -0.39 is 0 Å². The molecule has 1 amide bonds. The first-order valence-electron chi connectivity index (χ1n) is 9.68. The summed E-state index contributed by atoms with van der Waals surface area (Å²) in [7, 11) is 0.